The highest BCUT2D eigenvalue weighted by atomic mass is 79.9. The molecule has 7 heteroatoms. The average molecular weight is 373 g/mol. The molecule has 1 N–H and O–H groups in total. The number of hydrogen-bond donors (Lipinski definition) is 1. The summed E-state index contributed by atoms with van der Waals surface area (Å²) in [6.07, 6.45) is 1.75. The zero-order valence-corrected chi connectivity index (χ0v) is 13.9. The molecule has 2 aromatic heterocycles. The molecular weight excluding hydrogens is 360 g/mol. The Morgan fingerprint density at radius 1 is 1.13 bits per heavy atom. The van der Waals surface area contributed by atoms with Crippen molar-refractivity contribution in [1.82, 2.24) is 20.4 Å². The summed E-state index contributed by atoms with van der Waals surface area (Å²) in [6, 6.07) is 11.5. The molecule has 0 aliphatic heterocycles. The first-order valence-corrected chi connectivity index (χ1v) is 7.78. The molecule has 0 amide bonds. The van der Waals surface area contributed by atoms with Crippen molar-refractivity contribution in [3.63, 3.8) is 0 Å². The van der Waals surface area contributed by atoms with Crippen molar-refractivity contribution in [1.29, 1.82) is 0 Å². The minimum Gasteiger partial charge on any atom is -0.461 e. The predicted octanol–water partition coefficient (Wildman–Crippen LogP) is 3.47. The average Bonchev–Trinajstić information content (AvgIpc) is 3.06. The number of ether oxygens (including phenoxy) is 1. The van der Waals surface area contributed by atoms with E-state index >= 15 is 0 Å². The SMILES string of the molecule is CCOC(=O)c1n[nH]nc1-c1ccc(-c2ccc(Br)cn2)cc1. The van der Waals surface area contributed by atoms with E-state index in [0.29, 0.717) is 12.3 Å². The first kappa shape index (κ1) is 15.4. The molecule has 2 heterocycles. The summed E-state index contributed by atoms with van der Waals surface area (Å²) in [5, 5.41) is 10.4. The molecule has 116 valence electrons. The Balaban J connectivity index is 1.90. The summed E-state index contributed by atoms with van der Waals surface area (Å²) in [4.78, 5) is 16.2. The second kappa shape index (κ2) is 6.70. The third-order valence-electron chi connectivity index (χ3n) is 3.20. The van der Waals surface area contributed by atoms with E-state index in [-0.39, 0.29) is 5.69 Å². The van der Waals surface area contributed by atoms with Gasteiger partial charge in [-0.25, -0.2) is 4.79 Å². The molecule has 1 aromatic carbocycles. The summed E-state index contributed by atoms with van der Waals surface area (Å²) in [6.45, 7) is 2.04. The molecule has 23 heavy (non-hydrogen) atoms. The van der Waals surface area contributed by atoms with Crippen LogP contribution in [0.3, 0.4) is 0 Å². The van der Waals surface area contributed by atoms with Gasteiger partial charge < -0.3 is 4.74 Å². The second-order valence-electron chi connectivity index (χ2n) is 4.68. The van der Waals surface area contributed by atoms with E-state index < -0.39 is 5.97 Å². The van der Waals surface area contributed by atoms with Crippen LogP contribution in [-0.2, 0) is 4.74 Å². The molecular formula is C16H13BrN4O2. The molecule has 0 saturated heterocycles. The van der Waals surface area contributed by atoms with E-state index in [2.05, 4.69) is 36.3 Å². The Morgan fingerprint density at radius 2 is 1.87 bits per heavy atom. The van der Waals surface area contributed by atoms with Crippen LogP contribution in [0.5, 0.6) is 0 Å². The van der Waals surface area contributed by atoms with Crippen molar-refractivity contribution in [2.45, 2.75) is 6.92 Å². The molecule has 6 nitrogen and oxygen atoms in total. The number of nitrogens with zero attached hydrogens (tertiary/aromatic N) is 3. The molecule has 3 rings (SSSR count). The number of esters is 1. The maximum absolute atomic E-state index is 11.9. The molecule has 0 unspecified atom stereocenters. The van der Waals surface area contributed by atoms with Gasteiger partial charge in [0.05, 0.1) is 12.3 Å². The van der Waals surface area contributed by atoms with E-state index in [1.54, 1.807) is 13.1 Å². The Hall–Kier alpha value is -2.54. The van der Waals surface area contributed by atoms with Gasteiger partial charge in [0.2, 0.25) is 0 Å². The molecule has 0 aliphatic carbocycles. The lowest BCUT2D eigenvalue weighted by Crippen LogP contribution is -2.06. The summed E-state index contributed by atoms with van der Waals surface area (Å²) in [5.41, 5.74) is 3.27. The number of H-pyrrole nitrogens is 1. The summed E-state index contributed by atoms with van der Waals surface area (Å²) in [7, 11) is 0. The fraction of sp³-hybridized carbons (Fsp3) is 0.125. The van der Waals surface area contributed by atoms with Crippen LogP contribution in [0.2, 0.25) is 0 Å². The van der Waals surface area contributed by atoms with E-state index in [0.717, 1.165) is 21.3 Å². The summed E-state index contributed by atoms with van der Waals surface area (Å²) in [5.74, 6) is -0.491. The third kappa shape index (κ3) is 3.29. The largest absolute Gasteiger partial charge is 0.461 e. The lowest BCUT2D eigenvalue weighted by atomic mass is 10.1. The predicted molar refractivity (Wildman–Crippen MR) is 88.7 cm³/mol. The highest BCUT2D eigenvalue weighted by Gasteiger charge is 2.18. The lowest BCUT2D eigenvalue weighted by Gasteiger charge is -2.04. The van der Waals surface area contributed by atoms with Gasteiger partial charge in [0.15, 0.2) is 5.69 Å². The first-order chi connectivity index (χ1) is 11.2. The van der Waals surface area contributed by atoms with Gasteiger partial charge in [-0.3, -0.25) is 4.98 Å². The highest BCUT2D eigenvalue weighted by molar-refractivity contribution is 9.10. The fourth-order valence-electron chi connectivity index (χ4n) is 2.12. The standard InChI is InChI=1S/C16H13BrN4O2/c1-2-23-16(22)15-14(19-21-20-15)11-5-3-10(4-6-11)13-8-7-12(17)9-18-13/h3-9H,2H2,1H3,(H,19,20,21). The van der Waals surface area contributed by atoms with Crippen LogP contribution in [0.4, 0.5) is 0 Å². The first-order valence-electron chi connectivity index (χ1n) is 6.99. The van der Waals surface area contributed by atoms with Crippen molar-refractivity contribution < 1.29 is 9.53 Å². The third-order valence-corrected chi connectivity index (χ3v) is 3.67. The van der Waals surface area contributed by atoms with Gasteiger partial charge in [0.25, 0.3) is 0 Å². The summed E-state index contributed by atoms with van der Waals surface area (Å²) < 4.78 is 5.91. The maximum atomic E-state index is 11.9. The van der Waals surface area contributed by atoms with Crippen molar-refractivity contribution in [3.8, 4) is 22.5 Å². The number of carbonyl (C=O) groups is 1. The van der Waals surface area contributed by atoms with Crippen LogP contribution in [-0.4, -0.2) is 33.0 Å². The minimum atomic E-state index is -0.491. The van der Waals surface area contributed by atoms with Gasteiger partial charge in [0.1, 0.15) is 5.69 Å². The lowest BCUT2D eigenvalue weighted by molar-refractivity contribution is 0.0520. The number of nitrogens with one attached hydrogen (secondary N) is 1. The molecule has 0 atom stereocenters. The number of halogens is 1. The van der Waals surface area contributed by atoms with E-state index in [4.69, 9.17) is 4.74 Å². The fourth-order valence-corrected chi connectivity index (χ4v) is 2.35. The molecule has 0 bridgehead atoms. The van der Waals surface area contributed by atoms with E-state index in [1.807, 2.05) is 36.4 Å². The van der Waals surface area contributed by atoms with Gasteiger partial charge in [-0.15, -0.1) is 5.10 Å². The molecule has 0 spiro atoms. The van der Waals surface area contributed by atoms with Crippen LogP contribution in [0.15, 0.2) is 47.1 Å². The van der Waals surface area contributed by atoms with Crippen molar-refractivity contribution >= 4 is 21.9 Å². The summed E-state index contributed by atoms with van der Waals surface area (Å²) >= 11 is 3.36. The van der Waals surface area contributed by atoms with Gasteiger partial charge in [-0.2, -0.15) is 10.3 Å². The highest BCUT2D eigenvalue weighted by Crippen LogP contribution is 2.25. The number of benzene rings is 1. The van der Waals surface area contributed by atoms with Crippen LogP contribution in [0, 0.1) is 0 Å². The van der Waals surface area contributed by atoms with Gasteiger partial charge >= 0.3 is 5.97 Å². The van der Waals surface area contributed by atoms with Crippen molar-refractivity contribution in [3.05, 3.63) is 52.8 Å². The molecule has 0 saturated carbocycles. The van der Waals surface area contributed by atoms with Crippen LogP contribution < -0.4 is 0 Å². The van der Waals surface area contributed by atoms with E-state index in [1.165, 1.54) is 0 Å². The molecule has 0 fully saturated rings. The second-order valence-corrected chi connectivity index (χ2v) is 5.60. The Morgan fingerprint density at radius 3 is 2.52 bits per heavy atom. The van der Waals surface area contributed by atoms with E-state index in [9.17, 15) is 4.79 Å². The van der Waals surface area contributed by atoms with Gasteiger partial charge in [0, 0.05) is 21.8 Å². The molecule has 0 radical (unpaired) electrons. The van der Waals surface area contributed by atoms with Crippen molar-refractivity contribution in [2.24, 2.45) is 0 Å². The normalized spacial score (nSPS) is 10.5. The molecule has 0 aliphatic rings. The number of carbonyl (C=O) groups excluding carboxylic acids is 1. The number of rotatable bonds is 4. The smallest absolute Gasteiger partial charge is 0.361 e. The van der Waals surface area contributed by atoms with Crippen LogP contribution >= 0.6 is 15.9 Å². The Kier molecular flexibility index (Phi) is 4.47. The van der Waals surface area contributed by atoms with Crippen LogP contribution in [0.25, 0.3) is 22.5 Å². The van der Waals surface area contributed by atoms with Gasteiger partial charge in [-0.1, -0.05) is 24.3 Å². The number of aromatic amines is 1. The van der Waals surface area contributed by atoms with Crippen molar-refractivity contribution in [2.75, 3.05) is 6.61 Å². The number of hydrogen-bond acceptors (Lipinski definition) is 5. The zero-order valence-electron chi connectivity index (χ0n) is 12.3. The molecule has 3 aromatic rings. The quantitative estimate of drug-likeness (QED) is 0.709. The Bertz CT molecular complexity index is 813. The van der Waals surface area contributed by atoms with Crippen LogP contribution in [0.1, 0.15) is 17.4 Å². The zero-order chi connectivity index (χ0) is 16.2. The number of pyridine rings is 1. The monoisotopic (exact) mass is 372 g/mol. The maximum Gasteiger partial charge on any atom is 0.361 e. The van der Waals surface area contributed by atoms with Gasteiger partial charge in [-0.05, 0) is 35.0 Å². The Labute approximate surface area is 141 Å². The minimum absolute atomic E-state index is 0.182. The topological polar surface area (TPSA) is 80.8 Å². The number of aromatic nitrogens is 4.